The van der Waals surface area contributed by atoms with Crippen molar-refractivity contribution >= 4 is 40.8 Å². The third-order valence-corrected chi connectivity index (χ3v) is 7.83. The van der Waals surface area contributed by atoms with Gasteiger partial charge in [0.1, 0.15) is 11.6 Å². The Morgan fingerprint density at radius 1 is 1.13 bits per heavy atom. The maximum Gasteiger partial charge on any atom is 0.319 e. The standard InChI is InChI=1S/C27H30ClF2N5O4/c1-15-16(12-34-4-6-39-7-5-34)8-17(9-21(15)28)31-27(38)32-18-13-35(14-18)19-10-22(29)25(23(30)11-19)20-2-3-24(36)33-26(20)37/h8-11,18,20H,2-7,12-14H2,1H3,(H2,31,32,38)(H,33,36,37). The molecule has 0 spiro atoms. The van der Waals surface area contributed by atoms with Crippen molar-refractivity contribution in [2.45, 2.75) is 38.3 Å². The van der Waals surface area contributed by atoms with Crippen LogP contribution >= 0.6 is 11.6 Å². The van der Waals surface area contributed by atoms with E-state index in [1.165, 1.54) is 12.1 Å². The molecule has 0 saturated carbocycles. The van der Waals surface area contributed by atoms with Crippen molar-refractivity contribution in [3.05, 3.63) is 57.6 Å². The molecule has 3 aliphatic heterocycles. The van der Waals surface area contributed by atoms with Gasteiger partial charge < -0.3 is 20.3 Å². The van der Waals surface area contributed by atoms with E-state index in [0.717, 1.165) is 24.2 Å². The highest BCUT2D eigenvalue weighted by Crippen LogP contribution is 2.33. The van der Waals surface area contributed by atoms with Crippen LogP contribution < -0.4 is 20.9 Å². The quantitative estimate of drug-likeness (QED) is 0.468. The number of carbonyl (C=O) groups is 3. The Kier molecular flexibility index (Phi) is 8.01. The second-order valence-corrected chi connectivity index (χ2v) is 10.6. The van der Waals surface area contributed by atoms with Crippen molar-refractivity contribution in [2.75, 3.05) is 49.6 Å². The minimum atomic E-state index is -1.05. The lowest BCUT2D eigenvalue weighted by molar-refractivity contribution is -0.134. The second kappa shape index (κ2) is 11.4. The Morgan fingerprint density at radius 3 is 2.49 bits per heavy atom. The van der Waals surface area contributed by atoms with Crippen LogP contribution in [0, 0.1) is 18.6 Å². The number of imide groups is 1. The number of nitrogens with zero attached hydrogens (tertiary/aromatic N) is 2. The molecular formula is C27H30ClF2N5O4. The first kappa shape index (κ1) is 27.3. The molecule has 0 radical (unpaired) electrons. The zero-order chi connectivity index (χ0) is 27.7. The third-order valence-electron chi connectivity index (χ3n) is 7.44. The molecule has 1 atom stereocenters. The fourth-order valence-corrected chi connectivity index (χ4v) is 5.40. The number of morpholine rings is 1. The lowest BCUT2D eigenvalue weighted by Gasteiger charge is -2.41. The molecule has 0 aromatic heterocycles. The van der Waals surface area contributed by atoms with Gasteiger partial charge in [0.15, 0.2) is 0 Å². The molecule has 3 fully saturated rings. The Bertz CT molecular complexity index is 1270. The Labute approximate surface area is 229 Å². The summed E-state index contributed by atoms with van der Waals surface area (Å²) in [4.78, 5) is 40.1. The molecule has 2 aromatic carbocycles. The minimum Gasteiger partial charge on any atom is -0.379 e. The van der Waals surface area contributed by atoms with Gasteiger partial charge in [-0.05, 0) is 48.7 Å². The molecule has 9 nitrogen and oxygen atoms in total. The molecule has 3 aliphatic rings. The first-order valence-corrected chi connectivity index (χ1v) is 13.3. The number of hydrogen-bond donors (Lipinski definition) is 3. The van der Waals surface area contributed by atoms with Crippen LogP contribution in [0.2, 0.25) is 5.02 Å². The molecule has 208 valence electrons. The molecular weight excluding hydrogens is 532 g/mol. The molecule has 0 bridgehead atoms. The molecule has 3 N–H and O–H groups in total. The van der Waals surface area contributed by atoms with Gasteiger partial charge in [-0.25, -0.2) is 13.6 Å². The Hall–Kier alpha value is -3.28. The normalized spacial score (nSPS) is 20.4. The molecule has 3 saturated heterocycles. The highest BCUT2D eigenvalue weighted by Gasteiger charge is 2.34. The van der Waals surface area contributed by atoms with Crippen molar-refractivity contribution < 1.29 is 27.9 Å². The molecule has 12 heteroatoms. The molecule has 39 heavy (non-hydrogen) atoms. The highest BCUT2D eigenvalue weighted by molar-refractivity contribution is 6.31. The zero-order valence-electron chi connectivity index (χ0n) is 21.5. The van der Waals surface area contributed by atoms with E-state index < -0.39 is 35.4 Å². The van der Waals surface area contributed by atoms with Crippen molar-refractivity contribution in [1.82, 2.24) is 15.5 Å². The van der Waals surface area contributed by atoms with E-state index in [1.807, 2.05) is 13.0 Å². The smallest absolute Gasteiger partial charge is 0.319 e. The van der Waals surface area contributed by atoms with E-state index >= 15 is 0 Å². The number of carbonyl (C=O) groups excluding carboxylic acids is 3. The predicted octanol–water partition coefficient (Wildman–Crippen LogP) is 3.29. The van der Waals surface area contributed by atoms with Crippen molar-refractivity contribution in [2.24, 2.45) is 0 Å². The van der Waals surface area contributed by atoms with Gasteiger partial charge in [-0.15, -0.1) is 0 Å². The van der Waals surface area contributed by atoms with Gasteiger partial charge in [-0.3, -0.25) is 19.8 Å². The van der Waals surface area contributed by atoms with Gasteiger partial charge in [0.25, 0.3) is 0 Å². The lowest BCUT2D eigenvalue weighted by Crippen LogP contribution is -2.60. The van der Waals surface area contributed by atoms with Crippen LogP contribution in [-0.2, 0) is 20.9 Å². The van der Waals surface area contributed by atoms with Crippen LogP contribution in [0.1, 0.15) is 35.4 Å². The Morgan fingerprint density at radius 2 is 1.82 bits per heavy atom. The second-order valence-electron chi connectivity index (χ2n) is 10.2. The van der Waals surface area contributed by atoms with Crippen molar-refractivity contribution in [1.29, 1.82) is 0 Å². The van der Waals surface area contributed by atoms with E-state index in [2.05, 4.69) is 20.9 Å². The fourth-order valence-electron chi connectivity index (χ4n) is 5.16. The number of halogens is 3. The summed E-state index contributed by atoms with van der Waals surface area (Å²) in [5.74, 6) is -3.86. The number of anilines is 2. The first-order valence-electron chi connectivity index (χ1n) is 12.9. The van der Waals surface area contributed by atoms with Gasteiger partial charge in [0.05, 0.1) is 25.2 Å². The summed E-state index contributed by atoms with van der Waals surface area (Å²) in [6.07, 6.45) is 0.0894. The maximum absolute atomic E-state index is 14.8. The summed E-state index contributed by atoms with van der Waals surface area (Å²) in [6.45, 7) is 6.43. The molecule has 1 unspecified atom stereocenters. The van der Waals surface area contributed by atoms with Crippen molar-refractivity contribution in [3.8, 4) is 0 Å². The molecule has 0 aliphatic carbocycles. The average molecular weight is 562 g/mol. The summed E-state index contributed by atoms with van der Waals surface area (Å²) < 4.78 is 35.1. The van der Waals surface area contributed by atoms with E-state index in [9.17, 15) is 23.2 Å². The summed E-state index contributed by atoms with van der Waals surface area (Å²) in [7, 11) is 0. The zero-order valence-corrected chi connectivity index (χ0v) is 22.2. The van der Waals surface area contributed by atoms with Crippen LogP contribution in [-0.4, -0.2) is 68.2 Å². The largest absolute Gasteiger partial charge is 0.379 e. The monoisotopic (exact) mass is 561 g/mol. The number of rotatable bonds is 6. The van der Waals surface area contributed by atoms with Crippen LogP contribution in [0.15, 0.2) is 24.3 Å². The predicted molar refractivity (Wildman–Crippen MR) is 142 cm³/mol. The SMILES string of the molecule is Cc1c(Cl)cc(NC(=O)NC2CN(c3cc(F)c(C4CCC(=O)NC4=O)c(F)c3)C2)cc1CN1CCOCC1. The number of urea groups is 1. The van der Waals surface area contributed by atoms with Crippen LogP contribution in [0.25, 0.3) is 0 Å². The van der Waals surface area contributed by atoms with Crippen LogP contribution in [0.4, 0.5) is 25.0 Å². The average Bonchev–Trinajstić information content (AvgIpc) is 2.85. The maximum atomic E-state index is 14.8. The number of nitrogens with one attached hydrogen (secondary N) is 3. The minimum absolute atomic E-state index is 0.0303. The third kappa shape index (κ3) is 6.15. The van der Waals surface area contributed by atoms with Crippen LogP contribution in [0.3, 0.4) is 0 Å². The van der Waals surface area contributed by atoms with Gasteiger partial charge >= 0.3 is 6.03 Å². The van der Waals surface area contributed by atoms with Gasteiger partial charge in [-0.1, -0.05) is 11.6 Å². The van der Waals surface area contributed by atoms with Gasteiger partial charge in [0, 0.05) is 61.1 Å². The number of amides is 4. The summed E-state index contributed by atoms with van der Waals surface area (Å²) >= 11 is 6.43. The highest BCUT2D eigenvalue weighted by atomic mass is 35.5. The fraction of sp³-hybridized carbons (Fsp3) is 0.444. The van der Waals surface area contributed by atoms with E-state index in [-0.39, 0.29) is 24.4 Å². The molecule has 5 rings (SSSR count). The molecule has 4 amide bonds. The topological polar surface area (TPSA) is 103 Å². The number of piperidine rings is 1. The van der Waals surface area contributed by atoms with Gasteiger partial charge in [-0.2, -0.15) is 0 Å². The van der Waals surface area contributed by atoms with E-state index in [0.29, 0.717) is 49.2 Å². The number of benzene rings is 2. The number of hydrogen-bond acceptors (Lipinski definition) is 6. The molecule has 2 aromatic rings. The number of ether oxygens (including phenoxy) is 1. The lowest BCUT2D eigenvalue weighted by atomic mass is 9.89. The first-order chi connectivity index (χ1) is 18.7. The summed E-state index contributed by atoms with van der Waals surface area (Å²) in [5.41, 5.74) is 2.56. The van der Waals surface area contributed by atoms with E-state index in [4.69, 9.17) is 16.3 Å². The van der Waals surface area contributed by atoms with Crippen LogP contribution in [0.5, 0.6) is 0 Å². The summed E-state index contributed by atoms with van der Waals surface area (Å²) in [6, 6.07) is 5.37. The molecule has 3 heterocycles. The van der Waals surface area contributed by atoms with E-state index in [1.54, 1.807) is 11.0 Å². The van der Waals surface area contributed by atoms with Crippen molar-refractivity contribution in [3.63, 3.8) is 0 Å². The summed E-state index contributed by atoms with van der Waals surface area (Å²) in [5, 5.41) is 8.39. The Balaban J connectivity index is 1.16. The van der Waals surface area contributed by atoms with Gasteiger partial charge in [0.2, 0.25) is 11.8 Å².